The number of hydrogen-bond donors (Lipinski definition) is 0. The molecule has 0 aromatic rings. The molecule has 0 saturated heterocycles. The Morgan fingerprint density at radius 3 is 0.920 bits per heavy atom. The van der Waals surface area contributed by atoms with Gasteiger partial charge in [-0.1, -0.05) is 97.3 Å². The van der Waals surface area contributed by atoms with Gasteiger partial charge in [0.05, 0.1) is 27.2 Å². The zero-order valence-electron chi connectivity index (χ0n) is 18.3. The smallest absolute Gasteiger partial charge is 0.0782 e. The van der Waals surface area contributed by atoms with Crippen molar-refractivity contribution in [1.29, 1.82) is 0 Å². The fraction of sp³-hybridized carbons (Fsp3) is 1.00. The highest BCUT2D eigenvalue weighted by Gasteiger charge is 2.13. The lowest BCUT2D eigenvalue weighted by molar-refractivity contribution is -0.890. The molecule has 2 heteroatoms. The Bertz CT molecular complexity index is 240. The van der Waals surface area contributed by atoms with Crippen LogP contribution in [-0.2, 0) is 0 Å². The highest BCUT2D eigenvalue weighted by atomic mass is 35.5. The lowest BCUT2D eigenvalue weighted by Crippen LogP contribution is -3.00. The van der Waals surface area contributed by atoms with Crippen LogP contribution in [0, 0.1) is 0 Å². The molecule has 0 N–H and O–H groups in total. The Morgan fingerprint density at radius 1 is 0.400 bits per heavy atom. The van der Waals surface area contributed by atoms with E-state index < -0.39 is 0 Å². The summed E-state index contributed by atoms with van der Waals surface area (Å²) in [7, 11) is 4.87. The van der Waals surface area contributed by atoms with Gasteiger partial charge in [-0.15, -0.1) is 0 Å². The summed E-state index contributed by atoms with van der Waals surface area (Å²) in [6, 6.07) is 0. The molecule has 0 rings (SSSR count). The normalized spacial score (nSPS) is 11.5. The van der Waals surface area contributed by atoms with Crippen molar-refractivity contribution < 1.29 is 16.9 Å². The minimum absolute atomic E-state index is 0. The minimum atomic E-state index is 0. The Balaban J connectivity index is 0. The second-order valence-corrected chi connectivity index (χ2v) is 8.69. The molecular formula is C23H50ClN. The van der Waals surface area contributed by atoms with E-state index in [0.717, 1.165) is 0 Å². The molecule has 154 valence electrons. The summed E-state index contributed by atoms with van der Waals surface area (Å²) in [5.74, 6) is 0. The largest absolute Gasteiger partial charge is 1.00 e. The molecule has 0 aromatic carbocycles. The van der Waals surface area contributed by atoms with Crippen molar-refractivity contribution in [3.63, 3.8) is 0 Å². The van der Waals surface area contributed by atoms with Gasteiger partial charge in [-0.3, -0.25) is 0 Å². The highest BCUT2D eigenvalue weighted by molar-refractivity contribution is 4.49. The van der Waals surface area contributed by atoms with Gasteiger partial charge in [0.25, 0.3) is 0 Å². The quantitative estimate of drug-likeness (QED) is 0.226. The van der Waals surface area contributed by atoms with Gasteiger partial charge in [0.15, 0.2) is 0 Å². The summed E-state index contributed by atoms with van der Waals surface area (Å²) in [4.78, 5) is 0. The first kappa shape index (κ1) is 27.5. The Kier molecular flexibility index (Phi) is 22.6. The number of nitrogens with zero attached hydrogens (tertiary/aromatic N) is 1. The summed E-state index contributed by atoms with van der Waals surface area (Å²) in [6.45, 7) is 7.36. The van der Waals surface area contributed by atoms with E-state index in [1.165, 1.54) is 127 Å². The number of halogens is 1. The minimum Gasteiger partial charge on any atom is -1.00 e. The van der Waals surface area contributed by atoms with Gasteiger partial charge in [0.1, 0.15) is 0 Å². The Morgan fingerprint density at radius 2 is 0.640 bits per heavy atom. The molecule has 1 nitrogen and oxygen atoms in total. The molecule has 0 aliphatic heterocycles. The van der Waals surface area contributed by atoms with Gasteiger partial charge in [-0.05, 0) is 25.7 Å². The van der Waals surface area contributed by atoms with Gasteiger partial charge in [-0.25, -0.2) is 0 Å². The van der Waals surface area contributed by atoms with Crippen LogP contribution in [-0.4, -0.2) is 31.7 Å². The average Bonchev–Trinajstić information content (AvgIpc) is 2.55. The molecule has 0 bridgehead atoms. The maximum atomic E-state index is 2.44. The zero-order chi connectivity index (χ0) is 17.9. The fourth-order valence-electron chi connectivity index (χ4n) is 3.64. The third-order valence-corrected chi connectivity index (χ3v) is 5.48. The van der Waals surface area contributed by atoms with Crippen LogP contribution in [0.4, 0.5) is 0 Å². The standard InChI is InChI=1S/C23H50N.ClH/c1-5-7-9-11-13-15-17-19-21-23-24(3,4)22-20-18-16-14-12-10-8-6-2;/h5-23H2,1-4H3;1H/q+1;/p-1. The van der Waals surface area contributed by atoms with Crippen LogP contribution < -0.4 is 12.4 Å². The predicted molar refractivity (Wildman–Crippen MR) is 112 cm³/mol. The summed E-state index contributed by atoms with van der Waals surface area (Å²) in [5, 5.41) is 0. The molecule has 0 aliphatic rings. The maximum Gasteiger partial charge on any atom is 0.0782 e. The number of hydrogen-bond acceptors (Lipinski definition) is 0. The maximum absolute atomic E-state index is 2.44. The monoisotopic (exact) mass is 375 g/mol. The Labute approximate surface area is 167 Å². The SMILES string of the molecule is CCCCCCCCCCC[N+](C)(C)CCCCCCCCCC.[Cl-]. The van der Waals surface area contributed by atoms with Gasteiger partial charge >= 0.3 is 0 Å². The van der Waals surface area contributed by atoms with Crippen LogP contribution in [0.15, 0.2) is 0 Å². The van der Waals surface area contributed by atoms with Gasteiger partial charge in [-0.2, -0.15) is 0 Å². The number of quaternary nitrogens is 1. The van der Waals surface area contributed by atoms with Crippen molar-refractivity contribution in [2.24, 2.45) is 0 Å². The molecule has 0 radical (unpaired) electrons. The highest BCUT2D eigenvalue weighted by Crippen LogP contribution is 2.13. The fourth-order valence-corrected chi connectivity index (χ4v) is 3.64. The van der Waals surface area contributed by atoms with Crippen LogP contribution in [0.5, 0.6) is 0 Å². The summed E-state index contributed by atoms with van der Waals surface area (Å²) in [6.07, 6.45) is 24.5. The molecule has 25 heavy (non-hydrogen) atoms. The lowest BCUT2D eigenvalue weighted by Gasteiger charge is -2.30. The summed E-state index contributed by atoms with van der Waals surface area (Å²) < 4.78 is 1.24. The average molecular weight is 376 g/mol. The molecular weight excluding hydrogens is 326 g/mol. The van der Waals surface area contributed by atoms with Crippen molar-refractivity contribution in [3.8, 4) is 0 Å². The number of unbranched alkanes of at least 4 members (excludes halogenated alkanes) is 15. The molecule has 0 fully saturated rings. The van der Waals surface area contributed by atoms with E-state index in [1.807, 2.05) is 0 Å². The van der Waals surface area contributed by atoms with Gasteiger partial charge in [0, 0.05) is 0 Å². The zero-order valence-corrected chi connectivity index (χ0v) is 19.0. The van der Waals surface area contributed by atoms with Crippen molar-refractivity contribution >= 4 is 0 Å². The van der Waals surface area contributed by atoms with E-state index in [0.29, 0.717) is 0 Å². The van der Waals surface area contributed by atoms with Gasteiger partial charge < -0.3 is 16.9 Å². The third kappa shape index (κ3) is 22.2. The van der Waals surface area contributed by atoms with Crippen LogP contribution >= 0.6 is 0 Å². The van der Waals surface area contributed by atoms with E-state index in [-0.39, 0.29) is 12.4 Å². The number of rotatable bonds is 19. The summed E-state index contributed by atoms with van der Waals surface area (Å²) >= 11 is 0. The lowest BCUT2D eigenvalue weighted by atomic mass is 10.1. The Hall–Kier alpha value is 0.250. The van der Waals surface area contributed by atoms with Crippen LogP contribution in [0.1, 0.15) is 123 Å². The summed E-state index contributed by atoms with van der Waals surface area (Å²) in [5.41, 5.74) is 0. The third-order valence-electron chi connectivity index (χ3n) is 5.48. The molecule has 0 aromatic heterocycles. The van der Waals surface area contributed by atoms with E-state index in [9.17, 15) is 0 Å². The van der Waals surface area contributed by atoms with Crippen molar-refractivity contribution in [1.82, 2.24) is 0 Å². The molecule has 0 heterocycles. The van der Waals surface area contributed by atoms with Crippen molar-refractivity contribution in [3.05, 3.63) is 0 Å². The molecule has 0 saturated carbocycles. The van der Waals surface area contributed by atoms with Crippen LogP contribution in [0.2, 0.25) is 0 Å². The van der Waals surface area contributed by atoms with Gasteiger partial charge in [0.2, 0.25) is 0 Å². The second-order valence-electron chi connectivity index (χ2n) is 8.69. The van der Waals surface area contributed by atoms with Crippen molar-refractivity contribution in [2.75, 3.05) is 27.2 Å². The van der Waals surface area contributed by atoms with Crippen LogP contribution in [0.25, 0.3) is 0 Å². The molecule has 0 atom stereocenters. The molecule has 0 unspecified atom stereocenters. The topological polar surface area (TPSA) is 0 Å². The van der Waals surface area contributed by atoms with E-state index in [1.54, 1.807) is 0 Å². The van der Waals surface area contributed by atoms with E-state index >= 15 is 0 Å². The molecule has 0 spiro atoms. The first-order valence-corrected chi connectivity index (χ1v) is 11.4. The molecule has 0 amide bonds. The predicted octanol–water partition coefficient (Wildman–Crippen LogP) is 4.74. The van der Waals surface area contributed by atoms with E-state index in [4.69, 9.17) is 0 Å². The van der Waals surface area contributed by atoms with Crippen LogP contribution in [0.3, 0.4) is 0 Å². The second kappa shape index (κ2) is 20.6. The van der Waals surface area contributed by atoms with E-state index in [2.05, 4.69) is 27.9 Å². The first-order chi connectivity index (χ1) is 11.6. The first-order valence-electron chi connectivity index (χ1n) is 11.4. The van der Waals surface area contributed by atoms with Crippen molar-refractivity contribution in [2.45, 2.75) is 123 Å². The molecule has 0 aliphatic carbocycles.